The molecule has 0 aromatic heterocycles. The first-order valence-corrected chi connectivity index (χ1v) is 5.21. The van der Waals surface area contributed by atoms with Crippen molar-refractivity contribution in [2.75, 3.05) is 0 Å². The Morgan fingerprint density at radius 3 is 2.25 bits per heavy atom. The summed E-state index contributed by atoms with van der Waals surface area (Å²) < 4.78 is 25.6. The van der Waals surface area contributed by atoms with Gasteiger partial charge in [-0.3, -0.25) is 0 Å². The Morgan fingerprint density at radius 1 is 1.12 bits per heavy atom. The molecule has 1 nitrogen and oxygen atoms in total. The van der Waals surface area contributed by atoms with Crippen LogP contribution in [0.5, 0.6) is 0 Å². The Hall–Kier alpha value is -0.670. The van der Waals surface area contributed by atoms with Crippen LogP contribution in [-0.2, 0) is 0 Å². The molecule has 0 heterocycles. The highest BCUT2D eigenvalue weighted by molar-refractivity contribution is 5.85. The van der Waals surface area contributed by atoms with Gasteiger partial charge in [-0.05, 0) is 36.5 Å². The van der Waals surface area contributed by atoms with E-state index in [1.165, 1.54) is 6.07 Å². The van der Waals surface area contributed by atoms with Crippen LogP contribution in [0.15, 0.2) is 18.2 Å². The lowest BCUT2D eigenvalue weighted by atomic mass is 9.98. The molecule has 92 valence electrons. The van der Waals surface area contributed by atoms with Crippen LogP contribution < -0.4 is 5.73 Å². The van der Waals surface area contributed by atoms with Crippen molar-refractivity contribution in [2.24, 2.45) is 11.7 Å². The topological polar surface area (TPSA) is 26.0 Å². The molecule has 1 unspecified atom stereocenters. The summed E-state index contributed by atoms with van der Waals surface area (Å²) in [6, 6.07) is 3.64. The van der Waals surface area contributed by atoms with Crippen molar-refractivity contribution in [3.8, 4) is 0 Å². The summed E-state index contributed by atoms with van der Waals surface area (Å²) in [5.41, 5.74) is 6.53. The van der Waals surface area contributed by atoms with Crippen LogP contribution in [0.1, 0.15) is 38.3 Å². The molecule has 0 saturated heterocycles. The van der Waals surface area contributed by atoms with Crippen molar-refractivity contribution >= 4 is 12.4 Å². The molecular weight excluding hydrogens is 232 g/mol. The molecule has 16 heavy (non-hydrogen) atoms. The summed E-state index contributed by atoms with van der Waals surface area (Å²) in [6.45, 7) is 4.22. The van der Waals surface area contributed by atoms with Gasteiger partial charge in [0.15, 0.2) is 11.6 Å². The Balaban J connectivity index is 0.00000225. The summed E-state index contributed by atoms with van der Waals surface area (Å²) in [6.07, 6.45) is 1.78. The van der Waals surface area contributed by atoms with Crippen LogP contribution in [0.25, 0.3) is 0 Å². The van der Waals surface area contributed by atoms with Gasteiger partial charge in [-0.15, -0.1) is 12.4 Å². The third-order valence-electron chi connectivity index (χ3n) is 2.43. The van der Waals surface area contributed by atoms with Gasteiger partial charge in [0.2, 0.25) is 0 Å². The Bertz CT molecular complexity index is 329. The van der Waals surface area contributed by atoms with E-state index < -0.39 is 11.6 Å². The molecule has 1 aromatic rings. The first kappa shape index (κ1) is 15.3. The molecule has 0 radical (unpaired) electrons. The van der Waals surface area contributed by atoms with E-state index in [-0.39, 0.29) is 18.4 Å². The number of hydrogen-bond acceptors (Lipinski definition) is 1. The van der Waals surface area contributed by atoms with Crippen LogP contribution in [-0.4, -0.2) is 0 Å². The molecule has 0 amide bonds. The van der Waals surface area contributed by atoms with E-state index in [2.05, 4.69) is 13.8 Å². The van der Waals surface area contributed by atoms with Gasteiger partial charge in [0.1, 0.15) is 0 Å². The maximum atomic E-state index is 12.9. The summed E-state index contributed by atoms with van der Waals surface area (Å²) >= 11 is 0. The van der Waals surface area contributed by atoms with E-state index in [0.29, 0.717) is 11.5 Å². The summed E-state index contributed by atoms with van der Waals surface area (Å²) in [4.78, 5) is 0. The average molecular weight is 250 g/mol. The Morgan fingerprint density at radius 2 is 1.75 bits per heavy atom. The molecule has 0 saturated carbocycles. The van der Waals surface area contributed by atoms with E-state index in [1.54, 1.807) is 6.07 Å². The zero-order chi connectivity index (χ0) is 11.4. The van der Waals surface area contributed by atoms with Crippen molar-refractivity contribution in [3.05, 3.63) is 35.4 Å². The quantitative estimate of drug-likeness (QED) is 0.863. The predicted octanol–water partition coefficient (Wildman–Crippen LogP) is 3.82. The minimum Gasteiger partial charge on any atom is -0.324 e. The lowest BCUT2D eigenvalue weighted by Gasteiger charge is -2.13. The van der Waals surface area contributed by atoms with Gasteiger partial charge in [0, 0.05) is 6.04 Å². The van der Waals surface area contributed by atoms with Gasteiger partial charge in [-0.25, -0.2) is 8.78 Å². The van der Waals surface area contributed by atoms with E-state index >= 15 is 0 Å². The standard InChI is InChI=1S/C12H17F2N.ClH/c1-8(2)3-6-12(15)9-4-5-10(13)11(14)7-9;/h4-5,7-8,12H,3,6,15H2,1-2H3;1H. The fraction of sp³-hybridized carbons (Fsp3) is 0.500. The van der Waals surface area contributed by atoms with Crippen molar-refractivity contribution < 1.29 is 8.78 Å². The Labute approximate surface area is 101 Å². The van der Waals surface area contributed by atoms with E-state index in [1.807, 2.05) is 0 Å². The summed E-state index contributed by atoms with van der Waals surface area (Å²) in [5.74, 6) is -1.08. The van der Waals surface area contributed by atoms with Gasteiger partial charge in [0.05, 0.1) is 0 Å². The van der Waals surface area contributed by atoms with Gasteiger partial charge in [-0.1, -0.05) is 19.9 Å². The molecule has 0 fully saturated rings. The van der Waals surface area contributed by atoms with Crippen molar-refractivity contribution in [1.29, 1.82) is 0 Å². The SMILES string of the molecule is CC(C)CCC(N)c1ccc(F)c(F)c1.Cl. The van der Waals surface area contributed by atoms with E-state index in [4.69, 9.17) is 5.73 Å². The first-order chi connectivity index (χ1) is 7.00. The fourth-order valence-corrected chi connectivity index (χ4v) is 1.42. The fourth-order valence-electron chi connectivity index (χ4n) is 1.42. The number of benzene rings is 1. The number of rotatable bonds is 4. The van der Waals surface area contributed by atoms with Crippen molar-refractivity contribution in [1.82, 2.24) is 0 Å². The number of nitrogens with two attached hydrogens (primary N) is 1. The molecule has 1 rings (SSSR count). The highest BCUT2D eigenvalue weighted by atomic mass is 35.5. The van der Waals surface area contributed by atoms with Gasteiger partial charge >= 0.3 is 0 Å². The second-order valence-corrected chi connectivity index (χ2v) is 4.25. The molecule has 1 atom stereocenters. The largest absolute Gasteiger partial charge is 0.324 e. The second kappa shape index (κ2) is 6.81. The van der Waals surface area contributed by atoms with Crippen molar-refractivity contribution in [3.63, 3.8) is 0 Å². The van der Waals surface area contributed by atoms with Crippen LogP contribution in [0.2, 0.25) is 0 Å². The number of hydrogen-bond donors (Lipinski definition) is 1. The van der Waals surface area contributed by atoms with E-state index in [0.717, 1.165) is 18.9 Å². The van der Waals surface area contributed by atoms with Gasteiger partial charge in [-0.2, -0.15) is 0 Å². The van der Waals surface area contributed by atoms with Gasteiger partial charge in [0.25, 0.3) is 0 Å². The third kappa shape index (κ3) is 4.45. The maximum Gasteiger partial charge on any atom is 0.159 e. The molecule has 0 spiro atoms. The monoisotopic (exact) mass is 249 g/mol. The first-order valence-electron chi connectivity index (χ1n) is 5.21. The van der Waals surface area contributed by atoms with Crippen LogP contribution in [0, 0.1) is 17.6 Å². The van der Waals surface area contributed by atoms with Crippen LogP contribution >= 0.6 is 12.4 Å². The lowest BCUT2D eigenvalue weighted by Crippen LogP contribution is -2.11. The van der Waals surface area contributed by atoms with Crippen molar-refractivity contribution in [2.45, 2.75) is 32.7 Å². The molecule has 1 aromatic carbocycles. The van der Waals surface area contributed by atoms with Crippen LogP contribution in [0.4, 0.5) is 8.78 Å². The summed E-state index contributed by atoms with van der Waals surface area (Å²) in [5, 5.41) is 0. The number of halogens is 3. The maximum absolute atomic E-state index is 12.9. The highest BCUT2D eigenvalue weighted by Gasteiger charge is 2.10. The molecule has 4 heteroatoms. The second-order valence-electron chi connectivity index (χ2n) is 4.25. The van der Waals surface area contributed by atoms with Crippen LogP contribution in [0.3, 0.4) is 0 Å². The zero-order valence-corrected chi connectivity index (χ0v) is 10.4. The summed E-state index contributed by atoms with van der Waals surface area (Å²) in [7, 11) is 0. The molecule has 0 aliphatic heterocycles. The third-order valence-corrected chi connectivity index (χ3v) is 2.43. The molecular formula is C12H18ClF2N. The van der Waals surface area contributed by atoms with E-state index in [9.17, 15) is 8.78 Å². The minimum absolute atomic E-state index is 0. The Kier molecular flexibility index (Phi) is 6.53. The highest BCUT2D eigenvalue weighted by Crippen LogP contribution is 2.20. The molecule has 0 aliphatic carbocycles. The predicted molar refractivity (Wildman–Crippen MR) is 64.6 cm³/mol. The molecule has 0 bridgehead atoms. The smallest absolute Gasteiger partial charge is 0.159 e. The minimum atomic E-state index is -0.826. The molecule has 2 N–H and O–H groups in total. The zero-order valence-electron chi connectivity index (χ0n) is 9.54. The lowest BCUT2D eigenvalue weighted by molar-refractivity contribution is 0.491. The average Bonchev–Trinajstić information content (AvgIpc) is 2.18. The van der Waals surface area contributed by atoms with Gasteiger partial charge < -0.3 is 5.73 Å². The normalized spacial score (nSPS) is 12.4. The molecule has 0 aliphatic rings.